The van der Waals surface area contributed by atoms with E-state index in [1.807, 2.05) is 20.8 Å². The van der Waals surface area contributed by atoms with Crippen molar-refractivity contribution >= 4 is 40.8 Å². The van der Waals surface area contributed by atoms with Crippen LogP contribution < -0.4 is 15.4 Å². The summed E-state index contributed by atoms with van der Waals surface area (Å²) in [7, 11) is 1.36. The van der Waals surface area contributed by atoms with Crippen molar-refractivity contribution in [3.05, 3.63) is 93.0 Å². The SMILES string of the molecule is COc1cc(C(=O)OCCOCCOCCOCCOCCOCCO)ccc1NC(=O)[C@@H]1N[C@@H](CC(C)(C)C)[C@](C#N)(c2ccc(Cl)cc2F)[C@H]1c1cccc(Cl)c1F. The van der Waals surface area contributed by atoms with Crippen molar-refractivity contribution in [2.24, 2.45) is 5.41 Å². The minimum absolute atomic E-state index is 0.0211. The average molecular weight is 881 g/mol. The number of amides is 1. The maximum atomic E-state index is 16.1. The van der Waals surface area contributed by atoms with Crippen LogP contribution in [0.25, 0.3) is 0 Å². The Hall–Kier alpha value is -3.95. The van der Waals surface area contributed by atoms with E-state index in [4.69, 9.17) is 61.5 Å². The number of rotatable bonds is 24. The smallest absolute Gasteiger partial charge is 0.338 e. The molecule has 0 aromatic heterocycles. The molecule has 17 heteroatoms. The lowest BCUT2D eigenvalue weighted by Crippen LogP contribution is -2.45. The number of carbonyl (C=O) groups is 2. The molecule has 1 heterocycles. The lowest BCUT2D eigenvalue weighted by Gasteiger charge is -2.37. The second-order valence-electron chi connectivity index (χ2n) is 15.0. The molecule has 0 bridgehead atoms. The molecule has 1 amide bonds. The van der Waals surface area contributed by atoms with Gasteiger partial charge in [-0.1, -0.05) is 62.2 Å². The normalized spacial score (nSPS) is 18.9. The average Bonchev–Trinajstić information content (AvgIpc) is 3.52. The van der Waals surface area contributed by atoms with Crippen LogP contribution in [-0.2, 0) is 38.6 Å². The van der Waals surface area contributed by atoms with E-state index in [1.54, 1.807) is 0 Å². The molecule has 3 aromatic rings. The number of nitrogens with one attached hydrogen (secondary N) is 2. The number of carbonyl (C=O) groups excluding carboxylic acids is 2. The summed E-state index contributed by atoms with van der Waals surface area (Å²) in [6.45, 7) is 9.21. The van der Waals surface area contributed by atoms with E-state index in [-0.39, 0.29) is 71.2 Å². The zero-order chi connectivity index (χ0) is 43.7. The number of nitrogens with zero attached hydrogens (tertiary/aromatic N) is 1. The summed E-state index contributed by atoms with van der Waals surface area (Å²) in [5.74, 6) is -4.11. The first-order chi connectivity index (χ1) is 28.8. The van der Waals surface area contributed by atoms with Gasteiger partial charge in [0, 0.05) is 22.5 Å². The fourth-order valence-electron chi connectivity index (χ4n) is 7.01. The van der Waals surface area contributed by atoms with Crippen LogP contribution in [0.4, 0.5) is 14.5 Å². The maximum absolute atomic E-state index is 16.1. The van der Waals surface area contributed by atoms with E-state index in [1.165, 1.54) is 55.6 Å². The van der Waals surface area contributed by atoms with Crippen LogP contribution in [0, 0.1) is 28.4 Å². The van der Waals surface area contributed by atoms with Gasteiger partial charge in [0.2, 0.25) is 5.91 Å². The fourth-order valence-corrected chi connectivity index (χ4v) is 7.35. The maximum Gasteiger partial charge on any atom is 0.338 e. The van der Waals surface area contributed by atoms with Crippen molar-refractivity contribution in [2.45, 2.75) is 50.6 Å². The van der Waals surface area contributed by atoms with Gasteiger partial charge >= 0.3 is 5.97 Å². The van der Waals surface area contributed by atoms with E-state index in [9.17, 15) is 14.9 Å². The van der Waals surface area contributed by atoms with E-state index in [0.717, 1.165) is 6.07 Å². The summed E-state index contributed by atoms with van der Waals surface area (Å²) in [6.07, 6.45) is 0.294. The summed E-state index contributed by atoms with van der Waals surface area (Å²) in [4.78, 5) is 27.3. The molecule has 0 radical (unpaired) electrons. The summed E-state index contributed by atoms with van der Waals surface area (Å²) in [5.41, 5.74) is -2.02. The zero-order valence-corrected chi connectivity index (χ0v) is 35.7. The number of halogens is 4. The van der Waals surface area contributed by atoms with Crippen LogP contribution in [0.2, 0.25) is 10.0 Å². The standard InChI is InChI=1S/C43H53Cl2F2N3O10/c1-42(2,3)26-36-43(27-48,31-10-9-29(44)25-33(31)46)37(30-6-5-7-32(45)38(30)47)39(50-36)40(52)49-34-11-8-28(24-35(34)54-4)41(53)60-23-22-59-21-20-58-19-18-57-17-16-56-15-14-55-13-12-51/h5-11,24-25,36-37,39,50-51H,12-23,26H2,1-4H3,(H,49,52)/t36-,37-,39+,43-/m0/s1. The number of hydrogen-bond donors (Lipinski definition) is 3. The van der Waals surface area contributed by atoms with Crippen molar-refractivity contribution < 1.29 is 56.6 Å². The molecule has 0 saturated carbocycles. The predicted octanol–water partition coefficient (Wildman–Crippen LogP) is 6.47. The third-order valence-electron chi connectivity index (χ3n) is 9.61. The molecular weight excluding hydrogens is 827 g/mol. The molecule has 1 aliphatic rings. The van der Waals surface area contributed by atoms with Crippen molar-refractivity contribution in [3.63, 3.8) is 0 Å². The highest BCUT2D eigenvalue weighted by atomic mass is 35.5. The summed E-state index contributed by atoms with van der Waals surface area (Å²) < 4.78 is 69.7. The number of methoxy groups -OCH3 is 1. The number of benzene rings is 3. The number of nitriles is 1. The Morgan fingerprint density at radius 2 is 1.47 bits per heavy atom. The van der Waals surface area contributed by atoms with Gasteiger partial charge in [0.15, 0.2) is 0 Å². The van der Waals surface area contributed by atoms with Gasteiger partial charge in [0.1, 0.15) is 29.4 Å². The predicted molar refractivity (Wildman–Crippen MR) is 221 cm³/mol. The first-order valence-electron chi connectivity index (χ1n) is 19.5. The van der Waals surface area contributed by atoms with Gasteiger partial charge < -0.3 is 48.9 Å². The van der Waals surface area contributed by atoms with Gasteiger partial charge in [-0.2, -0.15) is 5.26 Å². The highest BCUT2D eigenvalue weighted by molar-refractivity contribution is 6.31. The molecule has 3 N–H and O–H groups in total. The molecule has 4 atom stereocenters. The first kappa shape index (κ1) is 48.7. The Labute approximate surface area is 359 Å². The minimum atomic E-state index is -1.81. The number of anilines is 1. The van der Waals surface area contributed by atoms with Gasteiger partial charge in [0.05, 0.1) is 108 Å². The number of hydrogen-bond acceptors (Lipinski definition) is 12. The Morgan fingerprint density at radius 1 is 0.867 bits per heavy atom. The third-order valence-corrected chi connectivity index (χ3v) is 10.1. The van der Waals surface area contributed by atoms with Crippen LogP contribution in [0.1, 0.15) is 54.6 Å². The Balaban J connectivity index is 1.38. The van der Waals surface area contributed by atoms with Gasteiger partial charge in [-0.25, -0.2) is 13.6 Å². The van der Waals surface area contributed by atoms with Crippen LogP contribution in [-0.4, -0.2) is 115 Å². The number of ether oxygens (including phenoxy) is 7. The van der Waals surface area contributed by atoms with Crippen molar-refractivity contribution in [1.82, 2.24) is 5.32 Å². The van der Waals surface area contributed by atoms with E-state index in [2.05, 4.69) is 16.7 Å². The lowest BCUT2D eigenvalue weighted by molar-refractivity contribution is -0.118. The molecule has 1 fully saturated rings. The summed E-state index contributed by atoms with van der Waals surface area (Å²) >= 11 is 12.4. The molecule has 13 nitrogen and oxygen atoms in total. The van der Waals surface area contributed by atoms with Gasteiger partial charge in [-0.05, 0) is 53.8 Å². The fraction of sp³-hybridized carbons (Fsp3) is 0.512. The van der Waals surface area contributed by atoms with E-state index >= 15 is 8.78 Å². The van der Waals surface area contributed by atoms with Gasteiger partial charge in [-0.15, -0.1) is 0 Å². The van der Waals surface area contributed by atoms with E-state index in [0.29, 0.717) is 52.7 Å². The summed E-state index contributed by atoms with van der Waals surface area (Å²) in [6, 6.07) is 12.7. The van der Waals surface area contributed by atoms with Crippen LogP contribution in [0.3, 0.4) is 0 Å². The zero-order valence-electron chi connectivity index (χ0n) is 34.2. The molecule has 60 heavy (non-hydrogen) atoms. The third kappa shape index (κ3) is 13.3. The molecule has 0 unspecified atom stereocenters. The number of aliphatic hydroxyl groups is 1. The molecule has 328 valence electrons. The van der Waals surface area contributed by atoms with E-state index < -0.39 is 52.3 Å². The molecule has 4 rings (SSSR count). The van der Waals surface area contributed by atoms with Crippen LogP contribution in [0.5, 0.6) is 5.75 Å². The molecule has 0 aliphatic carbocycles. The van der Waals surface area contributed by atoms with Crippen molar-refractivity contribution in [2.75, 3.05) is 91.7 Å². The van der Waals surface area contributed by atoms with Crippen molar-refractivity contribution in [3.8, 4) is 11.8 Å². The summed E-state index contributed by atoms with van der Waals surface area (Å²) in [5, 5.41) is 25.7. The molecule has 3 aromatic carbocycles. The quantitative estimate of drug-likeness (QED) is 0.0664. The second kappa shape index (κ2) is 23.9. The number of aliphatic hydroxyl groups excluding tert-OH is 1. The Kier molecular flexibility index (Phi) is 19.4. The largest absolute Gasteiger partial charge is 0.495 e. The Morgan fingerprint density at radius 3 is 2.02 bits per heavy atom. The monoisotopic (exact) mass is 879 g/mol. The first-order valence-corrected chi connectivity index (χ1v) is 20.2. The topological polar surface area (TPSA) is 167 Å². The highest BCUT2D eigenvalue weighted by Crippen LogP contribution is 2.53. The molecule has 0 spiro atoms. The molecule has 1 saturated heterocycles. The second-order valence-corrected chi connectivity index (χ2v) is 15.9. The highest BCUT2D eigenvalue weighted by Gasteiger charge is 2.61. The van der Waals surface area contributed by atoms with Gasteiger partial charge in [0.25, 0.3) is 0 Å². The molecule has 1 aliphatic heterocycles. The minimum Gasteiger partial charge on any atom is -0.495 e. The van der Waals surface area contributed by atoms with Gasteiger partial charge in [-0.3, -0.25) is 4.79 Å². The Bertz CT molecular complexity index is 1910. The lowest BCUT2D eigenvalue weighted by atomic mass is 9.62. The van der Waals surface area contributed by atoms with Crippen LogP contribution >= 0.6 is 23.2 Å². The van der Waals surface area contributed by atoms with Crippen molar-refractivity contribution in [1.29, 1.82) is 5.26 Å². The number of esters is 1. The molecular formula is C43H53Cl2F2N3O10. The van der Waals surface area contributed by atoms with Crippen LogP contribution in [0.15, 0.2) is 54.6 Å².